The number of aliphatic hydroxyl groups is 4. The number of hydrogen-bond acceptors (Lipinski definition) is 6. The summed E-state index contributed by atoms with van der Waals surface area (Å²) in [5.74, 6) is 0.874. The molecule has 1 aromatic carbocycles. The molecule has 6 nitrogen and oxygen atoms in total. The van der Waals surface area contributed by atoms with Crippen molar-refractivity contribution in [3.8, 4) is 5.75 Å². The quantitative estimate of drug-likeness (QED) is 0.645. The molecule has 0 unspecified atom stereocenters. The minimum absolute atomic E-state index is 0.337. The van der Waals surface area contributed by atoms with Gasteiger partial charge in [-0.05, 0) is 42.5 Å². The van der Waals surface area contributed by atoms with Gasteiger partial charge in [-0.1, -0.05) is 24.4 Å². The maximum atomic E-state index is 10.1. The molecule has 0 spiro atoms. The summed E-state index contributed by atoms with van der Waals surface area (Å²) in [6, 6.07) is 5.27. The van der Waals surface area contributed by atoms with Crippen LogP contribution < -0.4 is 4.74 Å². The van der Waals surface area contributed by atoms with Crippen LogP contribution in [0.1, 0.15) is 37.2 Å². The lowest BCUT2D eigenvalue weighted by atomic mass is 9.96. The first-order valence-corrected chi connectivity index (χ1v) is 8.65. The Labute approximate surface area is 145 Å². The van der Waals surface area contributed by atoms with Crippen LogP contribution in [-0.4, -0.2) is 57.7 Å². The third-order valence-electron chi connectivity index (χ3n) is 4.86. The van der Waals surface area contributed by atoms with Gasteiger partial charge in [0.05, 0.1) is 6.61 Å². The molecule has 1 saturated heterocycles. The predicted octanol–water partition coefficient (Wildman–Crippen LogP) is 1.18. The molecule has 0 radical (unpaired) electrons. The van der Waals surface area contributed by atoms with Crippen molar-refractivity contribution < 1.29 is 29.9 Å². The van der Waals surface area contributed by atoms with E-state index in [1.54, 1.807) is 12.1 Å². The van der Waals surface area contributed by atoms with Gasteiger partial charge in [0.1, 0.15) is 30.2 Å². The Morgan fingerprint density at radius 2 is 1.79 bits per heavy atom. The van der Waals surface area contributed by atoms with Crippen molar-refractivity contribution in [1.29, 1.82) is 0 Å². The first-order chi connectivity index (χ1) is 11.5. The van der Waals surface area contributed by atoms with Crippen LogP contribution in [0.5, 0.6) is 5.75 Å². The molecule has 1 aliphatic heterocycles. The molecule has 134 valence electrons. The van der Waals surface area contributed by atoms with Crippen molar-refractivity contribution in [2.75, 3.05) is 6.61 Å². The van der Waals surface area contributed by atoms with E-state index in [1.807, 2.05) is 6.07 Å². The Kier molecular flexibility index (Phi) is 5.64. The van der Waals surface area contributed by atoms with Crippen LogP contribution in [0.4, 0.5) is 0 Å². The SMILES string of the molecule is OC[C@@H]1O[C@H](Oc2ccc(Cl)cc2C2CCCC2)[C@@H](O)[C@H](O)[C@@H]1O. The van der Waals surface area contributed by atoms with Crippen molar-refractivity contribution in [2.24, 2.45) is 0 Å². The highest BCUT2D eigenvalue weighted by Gasteiger charge is 2.45. The highest BCUT2D eigenvalue weighted by atomic mass is 35.5. The number of halogens is 1. The molecular weight excluding hydrogens is 336 g/mol. The van der Waals surface area contributed by atoms with Gasteiger partial charge in [0.25, 0.3) is 0 Å². The Hall–Kier alpha value is -0.890. The molecular formula is C17H23ClO6. The molecule has 0 bridgehead atoms. The monoisotopic (exact) mass is 358 g/mol. The molecule has 24 heavy (non-hydrogen) atoms. The summed E-state index contributed by atoms with van der Waals surface area (Å²) in [5.41, 5.74) is 0.956. The van der Waals surface area contributed by atoms with Crippen molar-refractivity contribution in [2.45, 2.75) is 62.3 Å². The molecule has 2 fully saturated rings. The second-order valence-corrected chi connectivity index (χ2v) is 6.92. The molecule has 5 atom stereocenters. The number of hydrogen-bond donors (Lipinski definition) is 4. The average Bonchev–Trinajstić information content (AvgIpc) is 3.11. The van der Waals surface area contributed by atoms with E-state index in [-0.39, 0.29) is 0 Å². The standard InChI is InChI=1S/C17H23ClO6/c18-10-5-6-12(11(7-10)9-3-1-2-4-9)23-17-16(22)15(21)14(20)13(8-19)24-17/h5-7,9,13-17,19-22H,1-4,8H2/t13-,14+,15+,16-,17-/m0/s1. The minimum Gasteiger partial charge on any atom is -0.462 e. The van der Waals surface area contributed by atoms with E-state index < -0.39 is 37.3 Å². The highest BCUT2D eigenvalue weighted by molar-refractivity contribution is 6.30. The maximum Gasteiger partial charge on any atom is 0.229 e. The van der Waals surface area contributed by atoms with Crippen molar-refractivity contribution >= 4 is 11.6 Å². The van der Waals surface area contributed by atoms with E-state index in [0.717, 1.165) is 31.2 Å². The minimum atomic E-state index is -1.46. The van der Waals surface area contributed by atoms with Crippen LogP contribution in [0.3, 0.4) is 0 Å². The number of rotatable bonds is 4. The summed E-state index contributed by atoms with van der Waals surface area (Å²) < 4.78 is 11.2. The highest BCUT2D eigenvalue weighted by Crippen LogP contribution is 2.40. The van der Waals surface area contributed by atoms with Crippen molar-refractivity contribution in [1.82, 2.24) is 0 Å². The van der Waals surface area contributed by atoms with E-state index in [4.69, 9.17) is 21.1 Å². The fourth-order valence-electron chi connectivity index (χ4n) is 3.47. The fourth-order valence-corrected chi connectivity index (χ4v) is 3.65. The van der Waals surface area contributed by atoms with Crippen LogP contribution in [0, 0.1) is 0 Å². The van der Waals surface area contributed by atoms with Gasteiger partial charge in [0.15, 0.2) is 0 Å². The van der Waals surface area contributed by atoms with Gasteiger partial charge >= 0.3 is 0 Å². The first-order valence-electron chi connectivity index (χ1n) is 8.28. The first kappa shape index (κ1) is 17.9. The number of ether oxygens (including phenoxy) is 2. The van der Waals surface area contributed by atoms with E-state index >= 15 is 0 Å². The zero-order valence-electron chi connectivity index (χ0n) is 13.2. The Bertz CT molecular complexity index is 560. The van der Waals surface area contributed by atoms with E-state index in [2.05, 4.69) is 0 Å². The smallest absolute Gasteiger partial charge is 0.229 e. The molecule has 0 aromatic heterocycles. The van der Waals surface area contributed by atoms with Crippen LogP contribution in [0.2, 0.25) is 5.02 Å². The van der Waals surface area contributed by atoms with Gasteiger partial charge in [-0.2, -0.15) is 0 Å². The second kappa shape index (κ2) is 7.56. The zero-order valence-corrected chi connectivity index (χ0v) is 14.0. The van der Waals surface area contributed by atoms with Gasteiger partial charge in [0, 0.05) is 5.02 Å². The fraction of sp³-hybridized carbons (Fsp3) is 0.647. The number of aliphatic hydroxyl groups excluding tert-OH is 4. The predicted molar refractivity (Wildman–Crippen MR) is 87.1 cm³/mol. The summed E-state index contributed by atoms with van der Waals surface area (Å²) >= 11 is 6.11. The lowest BCUT2D eigenvalue weighted by Crippen LogP contribution is -2.60. The summed E-state index contributed by atoms with van der Waals surface area (Å²) in [6.45, 7) is -0.485. The molecule has 3 rings (SSSR count). The van der Waals surface area contributed by atoms with Gasteiger partial charge < -0.3 is 29.9 Å². The topological polar surface area (TPSA) is 99.4 Å². The molecule has 1 saturated carbocycles. The maximum absolute atomic E-state index is 10.1. The Balaban J connectivity index is 1.82. The molecule has 1 aliphatic carbocycles. The molecule has 1 aromatic rings. The van der Waals surface area contributed by atoms with E-state index in [1.165, 1.54) is 0 Å². The van der Waals surface area contributed by atoms with Crippen LogP contribution in [0.15, 0.2) is 18.2 Å². The zero-order chi connectivity index (χ0) is 17.3. The molecule has 2 aliphatic rings. The van der Waals surface area contributed by atoms with Gasteiger partial charge in [-0.25, -0.2) is 0 Å². The van der Waals surface area contributed by atoms with Crippen LogP contribution in [-0.2, 0) is 4.74 Å². The summed E-state index contributed by atoms with van der Waals surface area (Å²) in [5, 5.41) is 39.7. The lowest BCUT2D eigenvalue weighted by molar-refractivity contribution is -0.277. The van der Waals surface area contributed by atoms with Crippen LogP contribution >= 0.6 is 11.6 Å². The largest absolute Gasteiger partial charge is 0.462 e. The van der Waals surface area contributed by atoms with Crippen molar-refractivity contribution in [3.63, 3.8) is 0 Å². The number of benzene rings is 1. The normalized spacial score (nSPS) is 34.5. The van der Waals surface area contributed by atoms with Crippen molar-refractivity contribution in [3.05, 3.63) is 28.8 Å². The average molecular weight is 359 g/mol. The summed E-state index contributed by atoms with van der Waals surface area (Å²) in [7, 11) is 0. The van der Waals surface area contributed by atoms with Crippen LogP contribution in [0.25, 0.3) is 0 Å². The third-order valence-corrected chi connectivity index (χ3v) is 5.09. The lowest BCUT2D eigenvalue weighted by Gasteiger charge is -2.39. The van der Waals surface area contributed by atoms with Gasteiger partial charge in [-0.15, -0.1) is 0 Å². The summed E-state index contributed by atoms with van der Waals surface area (Å²) in [6.07, 6.45) is -2.05. The molecule has 7 heteroatoms. The van der Waals surface area contributed by atoms with E-state index in [9.17, 15) is 20.4 Å². The molecule has 4 N–H and O–H groups in total. The summed E-state index contributed by atoms with van der Waals surface area (Å²) in [4.78, 5) is 0. The molecule has 0 amide bonds. The van der Waals surface area contributed by atoms with E-state index in [0.29, 0.717) is 16.7 Å². The Morgan fingerprint density at radius 3 is 2.46 bits per heavy atom. The third kappa shape index (κ3) is 3.54. The molecule has 1 heterocycles. The second-order valence-electron chi connectivity index (χ2n) is 6.48. The Morgan fingerprint density at radius 1 is 1.08 bits per heavy atom. The van der Waals surface area contributed by atoms with Gasteiger partial charge in [-0.3, -0.25) is 0 Å². The van der Waals surface area contributed by atoms with Gasteiger partial charge in [0.2, 0.25) is 6.29 Å².